The van der Waals surface area contributed by atoms with E-state index in [0.717, 1.165) is 6.07 Å². The molecule has 4 aromatic rings. The van der Waals surface area contributed by atoms with Crippen molar-refractivity contribution < 1.29 is 22.7 Å². The van der Waals surface area contributed by atoms with Crippen molar-refractivity contribution >= 4 is 21.6 Å². The first-order chi connectivity index (χ1) is 15.9. The molecule has 2 heterocycles. The first-order valence-corrected chi connectivity index (χ1v) is 11.1. The van der Waals surface area contributed by atoms with Crippen LogP contribution in [0.2, 0.25) is 0 Å². The average Bonchev–Trinajstić information content (AvgIpc) is 3.35. The number of sulfonamides is 1. The van der Waals surface area contributed by atoms with Gasteiger partial charge in [0.1, 0.15) is 11.5 Å². The topological polar surface area (TPSA) is 138 Å². The van der Waals surface area contributed by atoms with Crippen LogP contribution in [-0.4, -0.2) is 36.2 Å². The van der Waals surface area contributed by atoms with E-state index in [4.69, 9.17) is 15.2 Å². The maximum absolute atomic E-state index is 12.7. The highest BCUT2D eigenvalue weighted by Crippen LogP contribution is 2.26. The summed E-state index contributed by atoms with van der Waals surface area (Å²) in [6, 6.07) is 17.3. The van der Waals surface area contributed by atoms with Gasteiger partial charge in [-0.3, -0.25) is 9.52 Å². The molecule has 0 unspecified atom stereocenters. The molecule has 4 rings (SSSR count). The highest BCUT2D eigenvalue weighted by atomic mass is 32.2. The Kier molecular flexibility index (Phi) is 5.96. The Morgan fingerprint density at radius 3 is 2.33 bits per heavy atom. The van der Waals surface area contributed by atoms with Crippen LogP contribution in [0.4, 0.5) is 5.69 Å². The number of anilines is 1. The zero-order valence-corrected chi connectivity index (χ0v) is 18.2. The number of methoxy groups -OCH3 is 1. The molecule has 0 saturated carbocycles. The van der Waals surface area contributed by atoms with E-state index in [1.54, 1.807) is 24.3 Å². The van der Waals surface area contributed by atoms with Gasteiger partial charge in [-0.25, -0.2) is 8.42 Å². The van der Waals surface area contributed by atoms with Crippen molar-refractivity contribution in [2.24, 2.45) is 5.73 Å². The summed E-state index contributed by atoms with van der Waals surface area (Å²) in [5, 5.41) is 8.14. The Morgan fingerprint density at radius 2 is 1.73 bits per heavy atom. The second-order valence-corrected chi connectivity index (χ2v) is 8.46. The second-order valence-electron chi connectivity index (χ2n) is 6.78. The second kappa shape index (κ2) is 9.01. The number of aromatic nitrogens is 3. The Morgan fingerprint density at radius 1 is 1.00 bits per heavy atom. The van der Waals surface area contributed by atoms with Gasteiger partial charge in [0.15, 0.2) is 5.82 Å². The summed E-state index contributed by atoms with van der Waals surface area (Å²) in [5.74, 6) is 0.773. The van der Waals surface area contributed by atoms with E-state index < -0.39 is 15.9 Å². The molecular formula is C22H19N5O5S. The first-order valence-electron chi connectivity index (χ1n) is 9.61. The summed E-state index contributed by atoms with van der Waals surface area (Å²) in [6.07, 6.45) is 3.70. The van der Waals surface area contributed by atoms with Crippen molar-refractivity contribution in [1.29, 1.82) is 0 Å². The molecule has 0 spiro atoms. The van der Waals surface area contributed by atoms with Crippen molar-refractivity contribution in [2.75, 3.05) is 11.8 Å². The number of nitrogens with one attached hydrogen (secondary N) is 1. The lowest BCUT2D eigenvalue weighted by Crippen LogP contribution is -2.16. The van der Waals surface area contributed by atoms with Crippen molar-refractivity contribution in [1.82, 2.24) is 14.8 Å². The summed E-state index contributed by atoms with van der Waals surface area (Å²) >= 11 is 0. The van der Waals surface area contributed by atoms with Gasteiger partial charge in [-0.1, -0.05) is 0 Å². The fourth-order valence-corrected chi connectivity index (χ4v) is 4.05. The molecule has 33 heavy (non-hydrogen) atoms. The van der Waals surface area contributed by atoms with E-state index in [0.29, 0.717) is 17.3 Å². The van der Waals surface area contributed by atoms with E-state index in [9.17, 15) is 13.2 Å². The van der Waals surface area contributed by atoms with E-state index in [2.05, 4.69) is 14.9 Å². The Hall–Kier alpha value is -4.38. The lowest BCUT2D eigenvalue weighted by Gasteiger charge is -2.11. The molecule has 11 heteroatoms. The van der Waals surface area contributed by atoms with Crippen molar-refractivity contribution in [3.8, 4) is 23.2 Å². The molecule has 0 aliphatic rings. The van der Waals surface area contributed by atoms with Gasteiger partial charge in [0.05, 0.1) is 17.6 Å². The normalized spacial score (nSPS) is 11.1. The summed E-state index contributed by atoms with van der Waals surface area (Å²) in [7, 11) is -2.61. The van der Waals surface area contributed by atoms with Crippen LogP contribution in [0.3, 0.4) is 0 Å². The van der Waals surface area contributed by atoms with Crippen LogP contribution < -0.4 is 19.9 Å². The number of ether oxygens (including phenoxy) is 2. The van der Waals surface area contributed by atoms with Crippen LogP contribution >= 0.6 is 0 Å². The Balaban J connectivity index is 1.46. The summed E-state index contributed by atoms with van der Waals surface area (Å²) in [4.78, 5) is 11.5. The number of hydrogen-bond donors (Lipinski definition) is 2. The molecule has 0 bridgehead atoms. The molecule has 0 aliphatic carbocycles. The van der Waals surface area contributed by atoms with Gasteiger partial charge >= 0.3 is 0 Å². The van der Waals surface area contributed by atoms with Crippen molar-refractivity contribution in [2.45, 2.75) is 4.90 Å². The largest absolute Gasteiger partial charge is 0.496 e. The average molecular weight is 465 g/mol. The molecule has 2 aromatic heterocycles. The standard InChI is InChI=1S/C22H19N5O5S/c1-31-19-9-8-17(14-18(19)22(23)28)33(29,30)26-15-4-6-16(7-5-15)32-21-11-10-20(24-25-21)27-12-2-3-13-27/h2-14,26H,1H3,(H2,23,28). The molecule has 0 radical (unpaired) electrons. The fraction of sp³-hybridized carbons (Fsp3) is 0.0455. The number of hydrogen-bond acceptors (Lipinski definition) is 7. The molecule has 2 aromatic carbocycles. The van der Waals surface area contributed by atoms with Gasteiger partial charge in [0.25, 0.3) is 15.9 Å². The zero-order chi connectivity index (χ0) is 23.4. The van der Waals surface area contributed by atoms with E-state index in [1.165, 1.54) is 31.4 Å². The number of carbonyl (C=O) groups is 1. The van der Waals surface area contributed by atoms with E-state index >= 15 is 0 Å². The van der Waals surface area contributed by atoms with Gasteiger partial charge in [-0.15, -0.1) is 10.2 Å². The number of carbonyl (C=O) groups excluding carboxylic acids is 1. The molecule has 1 amide bonds. The third kappa shape index (κ3) is 4.93. The number of nitrogens with two attached hydrogens (primary N) is 1. The number of amides is 1. The maximum atomic E-state index is 12.7. The van der Waals surface area contributed by atoms with Crippen LogP contribution in [0.1, 0.15) is 10.4 Å². The van der Waals surface area contributed by atoms with Gasteiger partial charge in [-0.2, -0.15) is 0 Å². The van der Waals surface area contributed by atoms with Gasteiger partial charge in [0.2, 0.25) is 5.88 Å². The SMILES string of the molecule is COc1ccc(S(=O)(=O)Nc2ccc(Oc3ccc(-n4cccc4)nn3)cc2)cc1C(N)=O. The summed E-state index contributed by atoms with van der Waals surface area (Å²) in [5.41, 5.74) is 5.57. The van der Waals surface area contributed by atoms with Crippen LogP contribution in [0.5, 0.6) is 17.4 Å². The lowest BCUT2D eigenvalue weighted by atomic mass is 10.2. The monoisotopic (exact) mass is 465 g/mol. The van der Waals surface area contributed by atoms with Gasteiger partial charge in [-0.05, 0) is 60.7 Å². The highest BCUT2D eigenvalue weighted by Gasteiger charge is 2.19. The molecule has 3 N–H and O–H groups in total. The predicted octanol–water partition coefficient (Wildman–Crippen LogP) is 2.97. The third-order valence-corrected chi connectivity index (χ3v) is 5.95. The smallest absolute Gasteiger partial charge is 0.261 e. The number of nitrogens with zero attached hydrogens (tertiary/aromatic N) is 3. The predicted molar refractivity (Wildman–Crippen MR) is 120 cm³/mol. The van der Waals surface area contributed by atoms with Crippen molar-refractivity contribution in [3.05, 3.63) is 84.7 Å². The third-order valence-electron chi connectivity index (χ3n) is 4.57. The number of primary amides is 1. The van der Waals surface area contributed by atoms with Crippen LogP contribution in [0.25, 0.3) is 5.82 Å². The molecule has 0 aliphatic heterocycles. The Labute approximate surface area is 189 Å². The lowest BCUT2D eigenvalue weighted by molar-refractivity contribution is 0.0997. The number of rotatable bonds is 8. The highest BCUT2D eigenvalue weighted by molar-refractivity contribution is 7.92. The fourth-order valence-electron chi connectivity index (χ4n) is 2.97. The minimum absolute atomic E-state index is 0.0342. The molecule has 10 nitrogen and oxygen atoms in total. The quantitative estimate of drug-likeness (QED) is 0.408. The minimum Gasteiger partial charge on any atom is -0.496 e. The zero-order valence-electron chi connectivity index (χ0n) is 17.4. The molecule has 0 atom stereocenters. The van der Waals surface area contributed by atoms with Crippen LogP contribution in [0, 0.1) is 0 Å². The van der Waals surface area contributed by atoms with E-state index in [1.807, 2.05) is 29.1 Å². The van der Waals surface area contributed by atoms with Crippen LogP contribution in [0.15, 0.2) is 84.0 Å². The minimum atomic E-state index is -3.97. The number of benzene rings is 2. The summed E-state index contributed by atoms with van der Waals surface area (Å²) < 4.78 is 40.4. The Bertz CT molecular complexity index is 1370. The van der Waals surface area contributed by atoms with Gasteiger partial charge < -0.3 is 19.8 Å². The summed E-state index contributed by atoms with van der Waals surface area (Å²) in [6.45, 7) is 0. The van der Waals surface area contributed by atoms with Crippen molar-refractivity contribution in [3.63, 3.8) is 0 Å². The van der Waals surface area contributed by atoms with Gasteiger partial charge in [0, 0.05) is 24.1 Å². The molecule has 0 fully saturated rings. The maximum Gasteiger partial charge on any atom is 0.261 e. The molecule has 0 saturated heterocycles. The van der Waals surface area contributed by atoms with Crippen LogP contribution in [-0.2, 0) is 10.0 Å². The molecule has 168 valence electrons. The molecular weight excluding hydrogens is 446 g/mol. The first kappa shape index (κ1) is 21.8. The van der Waals surface area contributed by atoms with E-state index in [-0.39, 0.29) is 22.1 Å².